The highest BCUT2D eigenvalue weighted by Gasteiger charge is 2.29. The Hall–Kier alpha value is -1.10. The monoisotopic (exact) mass is 295 g/mol. The summed E-state index contributed by atoms with van der Waals surface area (Å²) in [5.74, 6) is 0.271. The van der Waals surface area contributed by atoms with Gasteiger partial charge in [-0.2, -0.15) is 0 Å². The van der Waals surface area contributed by atoms with Gasteiger partial charge in [0.25, 0.3) is 0 Å². The average Bonchev–Trinajstić information content (AvgIpc) is 2.50. The van der Waals surface area contributed by atoms with Crippen LogP contribution in [0.3, 0.4) is 0 Å². The Morgan fingerprint density at radius 1 is 1.45 bits per heavy atom. The number of rotatable bonds is 4. The molecule has 0 bridgehead atoms. The number of hydrogen-bond acceptors (Lipinski definition) is 3. The third-order valence-electron chi connectivity index (χ3n) is 4.07. The Balaban J connectivity index is 2.04. The molecule has 0 aromatic heterocycles. The number of hydrogen-bond donors (Lipinski definition) is 2. The number of piperidine rings is 1. The predicted octanol–water partition coefficient (Wildman–Crippen LogP) is 1.80. The maximum absolute atomic E-state index is 11.7. The first kappa shape index (κ1) is 15.3. The van der Waals surface area contributed by atoms with Crippen LogP contribution in [0, 0.1) is 5.92 Å². The van der Waals surface area contributed by atoms with E-state index >= 15 is 0 Å². The van der Waals surface area contributed by atoms with Crippen molar-refractivity contribution in [2.24, 2.45) is 11.7 Å². The largest absolute Gasteiger partial charge is 0.359 e. The minimum atomic E-state index is 0.126. The molecule has 3 N–H and O–H groups in total. The lowest BCUT2D eigenvalue weighted by Crippen LogP contribution is -2.43. The minimum Gasteiger partial charge on any atom is -0.359 e. The molecule has 2 rings (SSSR count). The van der Waals surface area contributed by atoms with Crippen LogP contribution in [0.25, 0.3) is 0 Å². The first-order chi connectivity index (χ1) is 9.67. The van der Waals surface area contributed by atoms with Crippen LogP contribution < -0.4 is 11.1 Å². The number of halogens is 1. The molecule has 0 radical (unpaired) electrons. The van der Waals surface area contributed by atoms with E-state index in [0.29, 0.717) is 6.54 Å². The molecular formula is C15H22ClN3O. The number of carbonyl (C=O) groups is 1. The first-order valence-electron chi connectivity index (χ1n) is 7.07. The van der Waals surface area contributed by atoms with Crippen molar-refractivity contribution in [3.05, 3.63) is 34.9 Å². The summed E-state index contributed by atoms with van der Waals surface area (Å²) in [6.07, 6.45) is 1.75. The van der Waals surface area contributed by atoms with E-state index in [4.69, 9.17) is 17.3 Å². The van der Waals surface area contributed by atoms with Gasteiger partial charge in [0.2, 0.25) is 5.91 Å². The standard InChI is InChI=1S/C15H22ClN3O/c1-18-15(20)11-6-8-19(9-7-11)14(10-17)12-4-2-3-5-13(12)16/h2-5,11,14H,6-10,17H2,1H3,(H,18,20). The van der Waals surface area contributed by atoms with Crippen molar-refractivity contribution in [2.45, 2.75) is 18.9 Å². The SMILES string of the molecule is CNC(=O)C1CCN(C(CN)c2ccccc2Cl)CC1. The van der Waals surface area contributed by atoms with Gasteiger partial charge in [-0.05, 0) is 37.6 Å². The number of likely N-dealkylation sites (tertiary alicyclic amines) is 1. The molecule has 0 aliphatic carbocycles. The minimum absolute atomic E-state index is 0.126. The third kappa shape index (κ3) is 3.32. The second kappa shape index (κ2) is 7.07. The zero-order valence-corrected chi connectivity index (χ0v) is 12.6. The van der Waals surface area contributed by atoms with Gasteiger partial charge >= 0.3 is 0 Å². The zero-order valence-electron chi connectivity index (χ0n) is 11.8. The molecule has 1 fully saturated rings. The molecular weight excluding hydrogens is 274 g/mol. The quantitative estimate of drug-likeness (QED) is 0.890. The van der Waals surface area contributed by atoms with Gasteiger partial charge in [0.05, 0.1) is 0 Å². The van der Waals surface area contributed by atoms with Crippen molar-refractivity contribution < 1.29 is 4.79 Å². The average molecular weight is 296 g/mol. The summed E-state index contributed by atoms with van der Waals surface area (Å²) in [6.45, 7) is 2.30. The fraction of sp³-hybridized carbons (Fsp3) is 0.533. The lowest BCUT2D eigenvalue weighted by molar-refractivity contribution is -0.126. The van der Waals surface area contributed by atoms with Crippen molar-refractivity contribution in [1.82, 2.24) is 10.2 Å². The second-order valence-corrected chi connectivity index (χ2v) is 5.60. The molecule has 4 nitrogen and oxygen atoms in total. The molecule has 0 saturated carbocycles. The van der Waals surface area contributed by atoms with Gasteiger partial charge in [-0.3, -0.25) is 9.69 Å². The molecule has 5 heteroatoms. The summed E-state index contributed by atoms with van der Waals surface area (Å²) >= 11 is 6.27. The molecule has 110 valence electrons. The van der Waals surface area contributed by atoms with Gasteiger partial charge in [-0.1, -0.05) is 29.8 Å². The van der Waals surface area contributed by atoms with Crippen LogP contribution >= 0.6 is 11.6 Å². The molecule has 1 amide bonds. The van der Waals surface area contributed by atoms with E-state index in [1.54, 1.807) is 7.05 Å². The van der Waals surface area contributed by atoms with Gasteiger partial charge in [-0.25, -0.2) is 0 Å². The second-order valence-electron chi connectivity index (χ2n) is 5.20. The molecule has 0 spiro atoms. The first-order valence-corrected chi connectivity index (χ1v) is 7.45. The summed E-state index contributed by atoms with van der Waals surface area (Å²) in [5.41, 5.74) is 7.02. The van der Waals surface area contributed by atoms with E-state index in [9.17, 15) is 4.79 Å². The van der Waals surface area contributed by atoms with Crippen LogP contribution in [0.2, 0.25) is 5.02 Å². The van der Waals surface area contributed by atoms with Crippen molar-refractivity contribution >= 4 is 17.5 Å². The Morgan fingerprint density at radius 3 is 2.65 bits per heavy atom. The van der Waals surface area contributed by atoms with Gasteiger partial charge in [0, 0.05) is 30.6 Å². The number of amides is 1. The summed E-state index contributed by atoms with van der Waals surface area (Å²) in [7, 11) is 1.70. The molecule has 1 aromatic rings. The van der Waals surface area contributed by atoms with Gasteiger partial charge in [0.1, 0.15) is 0 Å². The molecule has 1 aromatic carbocycles. The maximum atomic E-state index is 11.7. The highest BCUT2D eigenvalue weighted by molar-refractivity contribution is 6.31. The van der Waals surface area contributed by atoms with E-state index in [0.717, 1.165) is 36.5 Å². The fourth-order valence-corrected chi connectivity index (χ4v) is 3.16. The number of carbonyl (C=O) groups excluding carboxylic acids is 1. The summed E-state index contributed by atoms with van der Waals surface area (Å²) in [5, 5.41) is 3.49. The number of nitrogens with two attached hydrogens (primary N) is 1. The molecule has 1 aliphatic heterocycles. The molecule has 1 atom stereocenters. The Kier molecular flexibility index (Phi) is 5.40. The van der Waals surface area contributed by atoms with E-state index in [1.165, 1.54) is 0 Å². The summed E-state index contributed by atoms with van der Waals surface area (Å²) in [6, 6.07) is 7.98. The molecule has 1 unspecified atom stereocenters. The van der Waals surface area contributed by atoms with Crippen LogP contribution in [0.15, 0.2) is 24.3 Å². The van der Waals surface area contributed by atoms with Crippen molar-refractivity contribution in [3.63, 3.8) is 0 Å². The van der Waals surface area contributed by atoms with E-state index < -0.39 is 0 Å². The molecule has 20 heavy (non-hydrogen) atoms. The van der Waals surface area contributed by atoms with E-state index in [-0.39, 0.29) is 17.9 Å². The fourth-order valence-electron chi connectivity index (χ4n) is 2.90. The normalized spacial score (nSPS) is 18.8. The van der Waals surface area contributed by atoms with Crippen LogP contribution in [0.4, 0.5) is 0 Å². The highest BCUT2D eigenvalue weighted by Crippen LogP contribution is 2.30. The molecule has 1 heterocycles. The van der Waals surface area contributed by atoms with Gasteiger partial charge < -0.3 is 11.1 Å². The summed E-state index contributed by atoms with van der Waals surface area (Å²) < 4.78 is 0. The predicted molar refractivity (Wildman–Crippen MR) is 81.6 cm³/mol. The van der Waals surface area contributed by atoms with Crippen molar-refractivity contribution in [1.29, 1.82) is 0 Å². The topological polar surface area (TPSA) is 58.4 Å². The van der Waals surface area contributed by atoms with Crippen LogP contribution in [-0.4, -0.2) is 37.5 Å². The van der Waals surface area contributed by atoms with E-state index in [1.807, 2.05) is 24.3 Å². The Labute approximate surface area is 125 Å². The third-order valence-corrected chi connectivity index (χ3v) is 4.42. The maximum Gasteiger partial charge on any atom is 0.222 e. The number of benzene rings is 1. The van der Waals surface area contributed by atoms with Gasteiger partial charge in [-0.15, -0.1) is 0 Å². The zero-order chi connectivity index (χ0) is 14.5. The van der Waals surface area contributed by atoms with Crippen LogP contribution in [-0.2, 0) is 4.79 Å². The number of nitrogens with zero attached hydrogens (tertiary/aromatic N) is 1. The van der Waals surface area contributed by atoms with Crippen molar-refractivity contribution in [3.8, 4) is 0 Å². The van der Waals surface area contributed by atoms with Gasteiger partial charge in [0.15, 0.2) is 0 Å². The lowest BCUT2D eigenvalue weighted by Gasteiger charge is -2.37. The van der Waals surface area contributed by atoms with Crippen LogP contribution in [0.1, 0.15) is 24.4 Å². The van der Waals surface area contributed by atoms with Crippen LogP contribution in [0.5, 0.6) is 0 Å². The highest BCUT2D eigenvalue weighted by atomic mass is 35.5. The Morgan fingerprint density at radius 2 is 2.10 bits per heavy atom. The van der Waals surface area contributed by atoms with E-state index in [2.05, 4.69) is 10.2 Å². The lowest BCUT2D eigenvalue weighted by atomic mass is 9.93. The van der Waals surface area contributed by atoms with Crippen molar-refractivity contribution in [2.75, 3.05) is 26.7 Å². The number of nitrogens with one attached hydrogen (secondary N) is 1. The Bertz CT molecular complexity index is 458. The summed E-state index contributed by atoms with van der Waals surface area (Å²) in [4.78, 5) is 14.0. The molecule has 1 aliphatic rings. The molecule has 1 saturated heterocycles. The smallest absolute Gasteiger partial charge is 0.222 e.